The van der Waals surface area contributed by atoms with Gasteiger partial charge in [-0.1, -0.05) is 34.1 Å². The number of halogens is 1. The Morgan fingerprint density at radius 1 is 1.12 bits per heavy atom. The third-order valence-electron chi connectivity index (χ3n) is 3.41. The molecule has 2 rings (SSSR count). The van der Waals surface area contributed by atoms with Gasteiger partial charge in [-0.15, -0.1) is 0 Å². The summed E-state index contributed by atoms with van der Waals surface area (Å²) in [5, 5.41) is 6.70. The van der Waals surface area contributed by atoms with Crippen LogP contribution in [0.5, 0.6) is 5.75 Å². The summed E-state index contributed by atoms with van der Waals surface area (Å²) in [4.78, 5) is 23.6. The lowest BCUT2D eigenvalue weighted by atomic mass is 10.2. The summed E-state index contributed by atoms with van der Waals surface area (Å²) in [7, 11) is 1.59. The third-order valence-corrected chi connectivity index (χ3v) is 3.91. The Morgan fingerprint density at radius 3 is 2.65 bits per heavy atom. The SMILES string of the molecule is COc1cccc(/C=N\NC(=O)CCCC(=O)Nc2cccc(Br)c2)c1. The van der Waals surface area contributed by atoms with Crippen molar-refractivity contribution in [1.29, 1.82) is 0 Å². The number of ether oxygens (including phenoxy) is 1. The number of methoxy groups -OCH3 is 1. The molecule has 2 N–H and O–H groups in total. The molecule has 2 aromatic carbocycles. The summed E-state index contributed by atoms with van der Waals surface area (Å²) in [6, 6.07) is 14.7. The summed E-state index contributed by atoms with van der Waals surface area (Å²) in [5.41, 5.74) is 3.99. The molecule has 0 spiro atoms. The normalized spacial score (nSPS) is 10.5. The maximum atomic E-state index is 11.9. The van der Waals surface area contributed by atoms with Crippen LogP contribution in [0.1, 0.15) is 24.8 Å². The molecular formula is C19H20BrN3O3. The second-order valence-corrected chi connectivity index (χ2v) is 6.40. The van der Waals surface area contributed by atoms with Gasteiger partial charge in [-0.2, -0.15) is 5.10 Å². The fourth-order valence-electron chi connectivity index (χ4n) is 2.16. The highest BCUT2D eigenvalue weighted by atomic mass is 79.9. The van der Waals surface area contributed by atoms with Gasteiger partial charge in [0.1, 0.15) is 5.75 Å². The smallest absolute Gasteiger partial charge is 0.240 e. The lowest BCUT2D eigenvalue weighted by Crippen LogP contribution is -2.18. The van der Waals surface area contributed by atoms with Crippen molar-refractivity contribution in [3.8, 4) is 5.75 Å². The van der Waals surface area contributed by atoms with Gasteiger partial charge in [-0.3, -0.25) is 9.59 Å². The van der Waals surface area contributed by atoms with Crippen LogP contribution in [0.15, 0.2) is 58.1 Å². The number of benzene rings is 2. The lowest BCUT2D eigenvalue weighted by Gasteiger charge is -2.05. The molecule has 0 saturated carbocycles. The number of amides is 2. The predicted octanol–water partition coefficient (Wildman–Crippen LogP) is 3.72. The molecule has 0 saturated heterocycles. The molecule has 2 amide bonds. The highest BCUT2D eigenvalue weighted by Gasteiger charge is 2.05. The van der Waals surface area contributed by atoms with Crippen molar-refractivity contribution in [2.45, 2.75) is 19.3 Å². The summed E-state index contributed by atoms with van der Waals surface area (Å²) in [5.74, 6) is 0.354. The minimum absolute atomic E-state index is 0.129. The molecule has 0 unspecified atom stereocenters. The molecule has 136 valence electrons. The number of nitrogens with one attached hydrogen (secondary N) is 2. The number of hydrazone groups is 1. The Morgan fingerprint density at radius 2 is 1.88 bits per heavy atom. The highest BCUT2D eigenvalue weighted by molar-refractivity contribution is 9.10. The van der Waals surface area contributed by atoms with Crippen molar-refractivity contribution in [2.24, 2.45) is 5.10 Å². The molecule has 0 fully saturated rings. The monoisotopic (exact) mass is 417 g/mol. The van der Waals surface area contributed by atoms with E-state index in [1.54, 1.807) is 13.3 Å². The Labute approximate surface area is 160 Å². The molecule has 0 heterocycles. The first-order valence-electron chi connectivity index (χ1n) is 8.08. The standard InChI is InChI=1S/C19H20BrN3O3/c1-26-17-8-2-5-14(11-17)13-21-23-19(25)10-4-9-18(24)22-16-7-3-6-15(20)12-16/h2-3,5-8,11-13H,4,9-10H2,1H3,(H,22,24)(H,23,25)/b21-13-. The van der Waals surface area contributed by atoms with E-state index in [1.165, 1.54) is 0 Å². The average Bonchev–Trinajstić information content (AvgIpc) is 2.62. The first-order valence-corrected chi connectivity index (χ1v) is 8.87. The van der Waals surface area contributed by atoms with Crippen LogP contribution in [-0.4, -0.2) is 25.1 Å². The maximum Gasteiger partial charge on any atom is 0.240 e. The van der Waals surface area contributed by atoms with Crippen LogP contribution >= 0.6 is 15.9 Å². The largest absolute Gasteiger partial charge is 0.497 e. The van der Waals surface area contributed by atoms with Crippen molar-refractivity contribution >= 4 is 39.6 Å². The number of rotatable bonds is 8. The van der Waals surface area contributed by atoms with Gasteiger partial charge in [0.2, 0.25) is 11.8 Å². The van der Waals surface area contributed by atoms with E-state index in [2.05, 4.69) is 31.8 Å². The minimum Gasteiger partial charge on any atom is -0.497 e. The minimum atomic E-state index is -0.237. The van der Waals surface area contributed by atoms with Gasteiger partial charge in [0, 0.05) is 23.0 Å². The Kier molecular flexibility index (Phi) is 7.82. The zero-order chi connectivity index (χ0) is 18.8. The molecule has 0 atom stereocenters. The summed E-state index contributed by atoms with van der Waals surface area (Å²) < 4.78 is 6.01. The molecule has 0 bridgehead atoms. The zero-order valence-electron chi connectivity index (χ0n) is 14.4. The van der Waals surface area contributed by atoms with Crippen molar-refractivity contribution in [1.82, 2.24) is 5.43 Å². The molecule has 2 aromatic rings. The Bertz CT molecular complexity index is 793. The van der Waals surface area contributed by atoms with E-state index in [9.17, 15) is 9.59 Å². The number of anilines is 1. The molecule has 0 aliphatic rings. The van der Waals surface area contributed by atoms with Gasteiger partial charge in [-0.05, 0) is 42.3 Å². The van der Waals surface area contributed by atoms with Crippen LogP contribution in [0.2, 0.25) is 0 Å². The van der Waals surface area contributed by atoms with Crippen molar-refractivity contribution in [3.05, 3.63) is 58.6 Å². The van der Waals surface area contributed by atoms with Crippen LogP contribution in [-0.2, 0) is 9.59 Å². The van der Waals surface area contributed by atoms with Crippen LogP contribution in [0.25, 0.3) is 0 Å². The summed E-state index contributed by atoms with van der Waals surface area (Å²) in [6.07, 6.45) is 2.47. The molecule has 0 aromatic heterocycles. The van der Waals surface area contributed by atoms with E-state index in [-0.39, 0.29) is 24.7 Å². The lowest BCUT2D eigenvalue weighted by molar-refractivity contribution is -0.121. The van der Waals surface area contributed by atoms with Gasteiger partial charge < -0.3 is 10.1 Å². The zero-order valence-corrected chi connectivity index (χ0v) is 16.0. The number of carbonyl (C=O) groups excluding carboxylic acids is 2. The Hall–Kier alpha value is -2.67. The van der Waals surface area contributed by atoms with Gasteiger partial charge in [0.25, 0.3) is 0 Å². The fraction of sp³-hybridized carbons (Fsp3) is 0.211. The van der Waals surface area contributed by atoms with Crippen molar-refractivity contribution in [3.63, 3.8) is 0 Å². The van der Waals surface area contributed by atoms with E-state index in [0.29, 0.717) is 6.42 Å². The first kappa shape index (κ1) is 19.7. The van der Waals surface area contributed by atoms with Gasteiger partial charge in [0.15, 0.2) is 0 Å². The molecular weight excluding hydrogens is 398 g/mol. The molecule has 0 radical (unpaired) electrons. The van der Waals surface area contributed by atoms with E-state index in [4.69, 9.17) is 4.74 Å². The van der Waals surface area contributed by atoms with E-state index >= 15 is 0 Å². The second kappa shape index (κ2) is 10.4. The summed E-state index contributed by atoms with van der Waals surface area (Å²) in [6.45, 7) is 0. The van der Waals surface area contributed by atoms with Crippen LogP contribution in [0.4, 0.5) is 5.69 Å². The topological polar surface area (TPSA) is 79.8 Å². The fourth-order valence-corrected chi connectivity index (χ4v) is 2.55. The Balaban J connectivity index is 1.68. The van der Waals surface area contributed by atoms with E-state index in [0.717, 1.165) is 21.5 Å². The average molecular weight is 418 g/mol. The van der Waals surface area contributed by atoms with Crippen LogP contribution in [0.3, 0.4) is 0 Å². The van der Waals surface area contributed by atoms with E-state index in [1.807, 2.05) is 48.5 Å². The van der Waals surface area contributed by atoms with Gasteiger partial charge in [0.05, 0.1) is 13.3 Å². The number of hydrogen-bond donors (Lipinski definition) is 2. The van der Waals surface area contributed by atoms with E-state index < -0.39 is 0 Å². The maximum absolute atomic E-state index is 11.9. The second-order valence-electron chi connectivity index (χ2n) is 5.48. The van der Waals surface area contributed by atoms with Gasteiger partial charge in [-0.25, -0.2) is 5.43 Å². The number of hydrogen-bond acceptors (Lipinski definition) is 4. The van der Waals surface area contributed by atoms with Gasteiger partial charge >= 0.3 is 0 Å². The first-order chi connectivity index (χ1) is 12.6. The van der Waals surface area contributed by atoms with Crippen LogP contribution in [0, 0.1) is 0 Å². The molecule has 0 aliphatic heterocycles. The van der Waals surface area contributed by atoms with Crippen molar-refractivity contribution in [2.75, 3.05) is 12.4 Å². The van der Waals surface area contributed by atoms with Crippen LogP contribution < -0.4 is 15.5 Å². The summed E-state index contributed by atoms with van der Waals surface area (Å²) >= 11 is 3.35. The third kappa shape index (κ3) is 7.06. The van der Waals surface area contributed by atoms with Crippen molar-refractivity contribution < 1.29 is 14.3 Å². The number of carbonyl (C=O) groups is 2. The molecule has 0 aliphatic carbocycles. The molecule has 26 heavy (non-hydrogen) atoms. The number of nitrogens with zero attached hydrogens (tertiary/aromatic N) is 1. The molecule has 6 nitrogen and oxygen atoms in total. The predicted molar refractivity (Wildman–Crippen MR) is 105 cm³/mol. The molecule has 7 heteroatoms. The quantitative estimate of drug-likeness (QED) is 0.507. The highest BCUT2D eigenvalue weighted by Crippen LogP contribution is 2.16.